The van der Waals surface area contributed by atoms with Gasteiger partial charge in [0.1, 0.15) is 5.82 Å². The van der Waals surface area contributed by atoms with Gasteiger partial charge in [0.25, 0.3) is 10.0 Å². The molecule has 0 radical (unpaired) electrons. The van der Waals surface area contributed by atoms with Gasteiger partial charge < -0.3 is 5.43 Å². The van der Waals surface area contributed by atoms with Gasteiger partial charge in [-0.05, 0) is 18.2 Å². The highest BCUT2D eigenvalue weighted by Gasteiger charge is 2.16. The fourth-order valence-electron chi connectivity index (χ4n) is 1.40. The number of halogens is 1. The highest BCUT2D eigenvalue weighted by atomic mass is 35.5. The van der Waals surface area contributed by atoms with Gasteiger partial charge in [0.05, 0.1) is 15.6 Å². The van der Waals surface area contributed by atoms with Crippen molar-refractivity contribution in [1.29, 1.82) is 0 Å². The molecule has 1 aromatic heterocycles. The van der Waals surface area contributed by atoms with E-state index in [0.29, 0.717) is 10.7 Å². The minimum absolute atomic E-state index is 0.0374. The van der Waals surface area contributed by atoms with Crippen LogP contribution in [0.1, 0.15) is 0 Å². The Hall–Kier alpha value is -1.83. The number of sulfonamides is 1. The number of hydrogen-bond acceptors (Lipinski definition) is 5. The van der Waals surface area contributed by atoms with Crippen LogP contribution in [-0.4, -0.2) is 13.4 Å². The van der Waals surface area contributed by atoms with Gasteiger partial charge in [-0.25, -0.2) is 19.2 Å². The lowest BCUT2D eigenvalue weighted by Crippen LogP contribution is -2.15. The molecule has 100 valence electrons. The maximum atomic E-state index is 12.2. The fourth-order valence-corrected chi connectivity index (χ4v) is 2.74. The predicted octanol–water partition coefficient (Wildman–Crippen LogP) is 1.82. The number of para-hydroxylation sites is 1. The van der Waals surface area contributed by atoms with E-state index in [9.17, 15) is 8.42 Å². The molecule has 19 heavy (non-hydrogen) atoms. The Balaban J connectivity index is 2.35. The monoisotopic (exact) mass is 298 g/mol. The molecule has 0 amide bonds. The van der Waals surface area contributed by atoms with Gasteiger partial charge in [-0.2, -0.15) is 0 Å². The summed E-state index contributed by atoms with van der Waals surface area (Å²) in [5, 5.41) is 0.317. The largest absolute Gasteiger partial charge is 0.308 e. The molecule has 4 N–H and O–H groups in total. The summed E-state index contributed by atoms with van der Waals surface area (Å²) in [6, 6.07) is 9.24. The van der Waals surface area contributed by atoms with Gasteiger partial charge >= 0.3 is 0 Å². The Morgan fingerprint density at radius 2 is 1.95 bits per heavy atom. The van der Waals surface area contributed by atoms with Crippen LogP contribution in [0.3, 0.4) is 0 Å². The van der Waals surface area contributed by atoms with Crippen molar-refractivity contribution < 1.29 is 8.42 Å². The summed E-state index contributed by atoms with van der Waals surface area (Å²) in [4.78, 5) is 3.88. The van der Waals surface area contributed by atoms with Crippen LogP contribution in [0, 0.1) is 0 Å². The van der Waals surface area contributed by atoms with Crippen LogP contribution in [0.15, 0.2) is 47.5 Å². The molecule has 0 atom stereocenters. The smallest absolute Gasteiger partial charge is 0.262 e. The fraction of sp³-hybridized carbons (Fsp3) is 0. The molecule has 1 aromatic carbocycles. The molecule has 0 aliphatic heterocycles. The highest BCUT2D eigenvalue weighted by molar-refractivity contribution is 7.92. The van der Waals surface area contributed by atoms with Gasteiger partial charge in [0, 0.05) is 12.3 Å². The van der Waals surface area contributed by atoms with E-state index in [2.05, 4.69) is 15.1 Å². The maximum absolute atomic E-state index is 12.2. The number of nitrogen functional groups attached to an aromatic ring is 1. The quantitative estimate of drug-likeness (QED) is 0.591. The van der Waals surface area contributed by atoms with Crippen LogP contribution in [0.5, 0.6) is 0 Å². The summed E-state index contributed by atoms with van der Waals surface area (Å²) < 4.78 is 26.7. The van der Waals surface area contributed by atoms with Crippen molar-refractivity contribution in [3.63, 3.8) is 0 Å². The highest BCUT2D eigenvalue weighted by Crippen LogP contribution is 2.24. The third kappa shape index (κ3) is 3.14. The molecular formula is C11H11ClN4O2S. The summed E-state index contributed by atoms with van der Waals surface area (Å²) in [6.45, 7) is 0. The van der Waals surface area contributed by atoms with E-state index in [-0.39, 0.29) is 10.7 Å². The first-order chi connectivity index (χ1) is 9.03. The number of rotatable bonds is 4. The molecule has 6 nitrogen and oxygen atoms in total. The zero-order chi connectivity index (χ0) is 13.9. The Morgan fingerprint density at radius 3 is 2.63 bits per heavy atom. The number of aromatic nitrogens is 1. The van der Waals surface area contributed by atoms with E-state index in [1.165, 1.54) is 18.3 Å². The predicted molar refractivity (Wildman–Crippen MR) is 74.3 cm³/mol. The van der Waals surface area contributed by atoms with Crippen molar-refractivity contribution >= 4 is 33.1 Å². The van der Waals surface area contributed by atoms with Crippen molar-refractivity contribution in [2.45, 2.75) is 4.90 Å². The number of nitrogens with zero attached hydrogens (tertiary/aromatic N) is 1. The van der Waals surface area contributed by atoms with Gasteiger partial charge in [-0.15, -0.1) is 0 Å². The molecule has 0 fully saturated rings. The molecule has 0 spiro atoms. The molecule has 0 aliphatic carbocycles. The minimum Gasteiger partial charge on any atom is -0.308 e. The number of benzene rings is 1. The van der Waals surface area contributed by atoms with Crippen LogP contribution >= 0.6 is 11.6 Å². The summed E-state index contributed by atoms with van der Waals surface area (Å²) in [5.74, 6) is 5.44. The normalized spacial score (nSPS) is 11.1. The number of nitrogens with two attached hydrogens (primary N) is 1. The molecule has 0 unspecified atom stereocenters. The van der Waals surface area contributed by atoms with Crippen molar-refractivity contribution in [2.75, 3.05) is 10.1 Å². The minimum atomic E-state index is -3.74. The van der Waals surface area contributed by atoms with Gasteiger partial charge in [-0.3, -0.25) is 4.72 Å². The average Bonchev–Trinajstić information content (AvgIpc) is 2.41. The van der Waals surface area contributed by atoms with E-state index < -0.39 is 10.0 Å². The van der Waals surface area contributed by atoms with Crippen LogP contribution in [0.4, 0.5) is 11.5 Å². The first kappa shape index (κ1) is 13.6. The van der Waals surface area contributed by atoms with Crippen molar-refractivity contribution in [2.24, 2.45) is 5.84 Å². The van der Waals surface area contributed by atoms with Gasteiger partial charge in [0.15, 0.2) is 0 Å². The van der Waals surface area contributed by atoms with E-state index in [1.807, 2.05) is 0 Å². The van der Waals surface area contributed by atoms with E-state index >= 15 is 0 Å². The number of hydrogen-bond donors (Lipinski definition) is 3. The molecule has 8 heteroatoms. The lowest BCUT2D eigenvalue weighted by atomic mass is 10.3. The Kier molecular flexibility index (Phi) is 3.89. The zero-order valence-electron chi connectivity index (χ0n) is 9.67. The molecule has 0 aliphatic rings. The summed E-state index contributed by atoms with van der Waals surface area (Å²) in [7, 11) is -3.74. The molecule has 2 rings (SSSR count). The Labute approximate surface area is 115 Å². The third-order valence-electron chi connectivity index (χ3n) is 2.31. The lowest BCUT2D eigenvalue weighted by Gasteiger charge is -2.10. The van der Waals surface area contributed by atoms with Crippen LogP contribution < -0.4 is 16.0 Å². The molecule has 1 heterocycles. The van der Waals surface area contributed by atoms with Crippen LogP contribution in [0.25, 0.3) is 0 Å². The Morgan fingerprint density at radius 1 is 1.21 bits per heavy atom. The first-order valence-corrected chi connectivity index (χ1v) is 7.09. The Bertz CT molecular complexity index is 691. The topological polar surface area (TPSA) is 97.1 Å². The summed E-state index contributed by atoms with van der Waals surface area (Å²) >= 11 is 5.90. The summed E-state index contributed by atoms with van der Waals surface area (Å²) in [5.41, 5.74) is 2.59. The molecule has 0 bridgehead atoms. The van der Waals surface area contributed by atoms with E-state index in [4.69, 9.17) is 17.4 Å². The van der Waals surface area contributed by atoms with Crippen molar-refractivity contribution in [3.05, 3.63) is 47.6 Å². The zero-order valence-corrected chi connectivity index (χ0v) is 11.2. The van der Waals surface area contributed by atoms with Gasteiger partial charge in [-0.1, -0.05) is 23.7 Å². The molecule has 0 saturated carbocycles. The van der Waals surface area contributed by atoms with E-state index in [1.54, 1.807) is 24.3 Å². The van der Waals surface area contributed by atoms with E-state index in [0.717, 1.165) is 0 Å². The van der Waals surface area contributed by atoms with Crippen molar-refractivity contribution in [3.8, 4) is 0 Å². The maximum Gasteiger partial charge on any atom is 0.262 e. The van der Waals surface area contributed by atoms with Crippen LogP contribution in [-0.2, 0) is 10.0 Å². The second-order valence-electron chi connectivity index (χ2n) is 3.61. The van der Waals surface area contributed by atoms with Crippen LogP contribution in [0.2, 0.25) is 5.02 Å². The number of hydrazine groups is 1. The SMILES string of the molecule is NNc1cc(S(=O)(=O)Nc2ccccc2Cl)ccn1. The van der Waals surface area contributed by atoms with Crippen molar-refractivity contribution in [1.82, 2.24) is 4.98 Å². The standard InChI is InChI=1S/C11H11ClN4O2S/c12-9-3-1-2-4-10(9)16-19(17,18)8-5-6-14-11(7-8)15-13/h1-7,16H,13H2,(H,14,15). The second-order valence-corrected chi connectivity index (χ2v) is 5.70. The first-order valence-electron chi connectivity index (χ1n) is 5.23. The number of pyridine rings is 1. The molecular weight excluding hydrogens is 288 g/mol. The third-order valence-corrected chi connectivity index (χ3v) is 4.00. The lowest BCUT2D eigenvalue weighted by molar-refractivity contribution is 0.601. The van der Waals surface area contributed by atoms with Gasteiger partial charge in [0.2, 0.25) is 0 Å². The number of anilines is 2. The molecule has 2 aromatic rings. The average molecular weight is 299 g/mol. The molecule has 0 saturated heterocycles. The second kappa shape index (κ2) is 5.43. The summed E-state index contributed by atoms with van der Waals surface area (Å²) in [6.07, 6.45) is 1.34. The number of nitrogens with one attached hydrogen (secondary N) is 2.